The van der Waals surface area contributed by atoms with Crippen molar-refractivity contribution in [3.8, 4) is 0 Å². The van der Waals surface area contributed by atoms with Crippen molar-refractivity contribution in [2.45, 2.75) is 19.3 Å². The van der Waals surface area contributed by atoms with Gasteiger partial charge in [-0.2, -0.15) is 0 Å². The molecule has 0 fully saturated rings. The van der Waals surface area contributed by atoms with E-state index in [9.17, 15) is 15.2 Å². The molecule has 0 saturated carbocycles. The van der Waals surface area contributed by atoms with E-state index in [0.717, 1.165) is 34.9 Å². The number of aryl methyl sites for hydroxylation is 2. The van der Waals surface area contributed by atoms with E-state index in [-0.39, 0.29) is 23.1 Å². The molecule has 0 aliphatic heterocycles. The van der Waals surface area contributed by atoms with Crippen LogP contribution in [0.1, 0.15) is 27.0 Å². The van der Waals surface area contributed by atoms with Gasteiger partial charge >= 0.3 is 0 Å². The van der Waals surface area contributed by atoms with Crippen molar-refractivity contribution in [2.24, 2.45) is 0 Å². The average Bonchev–Trinajstić information content (AvgIpc) is 3.01. The minimum atomic E-state index is -0.138. The zero-order valence-electron chi connectivity index (χ0n) is 13.0. The quantitative estimate of drug-likeness (QED) is 0.582. The normalized spacial score (nSPS) is 12.6. The number of carbonyl (C=O) groups excluding carboxylic acids is 1. The summed E-state index contributed by atoms with van der Waals surface area (Å²) >= 11 is 0. The Morgan fingerprint density at radius 2 is 1.62 bits per heavy atom. The van der Waals surface area contributed by atoms with E-state index in [2.05, 4.69) is 0 Å². The Morgan fingerprint density at radius 1 is 0.958 bits per heavy atom. The maximum absolute atomic E-state index is 12.8. The van der Waals surface area contributed by atoms with Crippen molar-refractivity contribution in [1.82, 2.24) is 0 Å². The molecule has 4 heteroatoms. The van der Waals surface area contributed by atoms with Crippen LogP contribution in [0.25, 0.3) is 10.8 Å². The van der Waals surface area contributed by atoms with Crippen LogP contribution in [0.15, 0.2) is 54.6 Å². The second kappa shape index (κ2) is 5.74. The first-order valence-corrected chi connectivity index (χ1v) is 7.96. The van der Waals surface area contributed by atoms with E-state index in [1.807, 2.05) is 42.5 Å². The molecule has 1 N–H and O–H groups in total. The molecule has 0 saturated heterocycles. The fourth-order valence-corrected chi connectivity index (χ4v) is 3.58. The van der Waals surface area contributed by atoms with Crippen LogP contribution in [-0.2, 0) is 19.3 Å². The van der Waals surface area contributed by atoms with Gasteiger partial charge in [0.2, 0.25) is 0 Å². The largest absolute Gasteiger partial charge is 0.733 e. The standard InChI is InChI=1S/C20H16NO3/c22-18(12-13-4-2-1-3-5-13)16-10-8-14-6-7-15-9-11-17(21(23)24)20(16)19(14)15/h1-5,8-11,23H,6-7,12H2/q-1. The van der Waals surface area contributed by atoms with Crippen molar-refractivity contribution < 1.29 is 10.0 Å². The molecule has 24 heavy (non-hydrogen) atoms. The van der Waals surface area contributed by atoms with Crippen LogP contribution < -0.4 is 5.23 Å². The summed E-state index contributed by atoms with van der Waals surface area (Å²) < 4.78 is 0. The molecule has 0 aromatic heterocycles. The third-order valence-electron chi connectivity index (χ3n) is 4.69. The summed E-state index contributed by atoms with van der Waals surface area (Å²) in [5.41, 5.74) is 3.80. The predicted octanol–water partition coefficient (Wildman–Crippen LogP) is 4.06. The number of hydrogen-bond donors (Lipinski definition) is 1. The Bertz CT molecular complexity index is 922. The number of anilines is 1. The topological polar surface area (TPSA) is 63.6 Å². The highest BCUT2D eigenvalue weighted by atomic mass is 16.8. The number of nitrogens with zero attached hydrogens (tertiary/aromatic N) is 1. The molecule has 0 heterocycles. The zero-order chi connectivity index (χ0) is 16.7. The van der Waals surface area contributed by atoms with Crippen molar-refractivity contribution in [3.63, 3.8) is 0 Å². The van der Waals surface area contributed by atoms with Crippen molar-refractivity contribution >= 4 is 22.2 Å². The Balaban J connectivity index is 1.88. The maximum Gasteiger partial charge on any atom is 0.167 e. The Labute approximate surface area is 139 Å². The van der Waals surface area contributed by atoms with Gasteiger partial charge in [-0.1, -0.05) is 48.5 Å². The smallest absolute Gasteiger partial charge is 0.167 e. The lowest BCUT2D eigenvalue weighted by Crippen LogP contribution is -2.11. The van der Waals surface area contributed by atoms with Gasteiger partial charge in [0.1, 0.15) is 0 Å². The Hall–Kier alpha value is -2.69. The van der Waals surface area contributed by atoms with E-state index in [1.165, 1.54) is 0 Å². The zero-order valence-corrected chi connectivity index (χ0v) is 13.0. The van der Waals surface area contributed by atoms with Crippen LogP contribution in [0.3, 0.4) is 0 Å². The number of hydrogen-bond acceptors (Lipinski definition) is 4. The highest BCUT2D eigenvalue weighted by Gasteiger charge is 2.22. The molecule has 0 radical (unpaired) electrons. The van der Waals surface area contributed by atoms with Gasteiger partial charge in [0.25, 0.3) is 0 Å². The summed E-state index contributed by atoms with van der Waals surface area (Å²) in [6.45, 7) is 0. The number of Topliss-reactive ketones (excluding diaryl/α,β-unsaturated/α-hetero) is 1. The first kappa shape index (κ1) is 14.9. The molecule has 0 unspecified atom stereocenters. The molecule has 0 atom stereocenters. The van der Waals surface area contributed by atoms with Crippen LogP contribution in [0, 0.1) is 5.21 Å². The molecule has 1 aliphatic rings. The fourth-order valence-electron chi connectivity index (χ4n) is 3.58. The lowest BCUT2D eigenvalue weighted by molar-refractivity contribution is 0.0994. The summed E-state index contributed by atoms with van der Waals surface area (Å²) in [6, 6.07) is 16.7. The van der Waals surface area contributed by atoms with Gasteiger partial charge in [-0.15, -0.1) is 0 Å². The molecule has 4 nitrogen and oxygen atoms in total. The first-order valence-electron chi connectivity index (χ1n) is 7.96. The third-order valence-corrected chi connectivity index (χ3v) is 4.69. The van der Waals surface area contributed by atoms with Crippen LogP contribution >= 0.6 is 0 Å². The van der Waals surface area contributed by atoms with Crippen molar-refractivity contribution in [3.05, 3.63) is 82.1 Å². The van der Waals surface area contributed by atoms with Gasteiger partial charge in [-0.25, -0.2) is 0 Å². The summed E-state index contributed by atoms with van der Waals surface area (Å²) in [5.74, 6) is -0.0556. The van der Waals surface area contributed by atoms with Crippen molar-refractivity contribution in [2.75, 3.05) is 5.23 Å². The second-order valence-electron chi connectivity index (χ2n) is 6.12. The summed E-state index contributed by atoms with van der Waals surface area (Å²) in [4.78, 5) is 12.8. The van der Waals surface area contributed by atoms with E-state index in [4.69, 9.17) is 0 Å². The van der Waals surface area contributed by atoms with Crippen LogP contribution in [0.5, 0.6) is 0 Å². The lowest BCUT2D eigenvalue weighted by Gasteiger charge is -2.25. The molecule has 3 aromatic rings. The molecule has 3 aromatic carbocycles. The minimum absolute atomic E-state index is 0.0556. The highest BCUT2D eigenvalue weighted by Crippen LogP contribution is 2.38. The molecule has 1 aliphatic carbocycles. The lowest BCUT2D eigenvalue weighted by atomic mass is 9.93. The van der Waals surface area contributed by atoms with E-state index < -0.39 is 0 Å². The van der Waals surface area contributed by atoms with Gasteiger partial charge in [0.15, 0.2) is 5.78 Å². The minimum Gasteiger partial charge on any atom is -0.733 e. The summed E-state index contributed by atoms with van der Waals surface area (Å²) in [5, 5.41) is 22.5. The Morgan fingerprint density at radius 3 is 2.29 bits per heavy atom. The van der Waals surface area contributed by atoms with Crippen LogP contribution in [0.4, 0.5) is 5.69 Å². The SMILES string of the molecule is O=C(Cc1ccccc1)c1ccc2c3c(ccc(N([O-])O)c13)CC2. The number of carbonyl (C=O) groups is 1. The number of rotatable bonds is 4. The molecular weight excluding hydrogens is 302 g/mol. The maximum atomic E-state index is 12.8. The van der Waals surface area contributed by atoms with Crippen molar-refractivity contribution in [1.29, 1.82) is 0 Å². The molecule has 0 amide bonds. The average molecular weight is 318 g/mol. The van der Waals surface area contributed by atoms with Crippen LogP contribution in [0.2, 0.25) is 0 Å². The number of ketones is 1. The van der Waals surface area contributed by atoms with E-state index in [0.29, 0.717) is 10.9 Å². The molecular formula is C20H16NO3-. The van der Waals surface area contributed by atoms with E-state index in [1.54, 1.807) is 12.1 Å². The number of benzene rings is 3. The highest BCUT2D eigenvalue weighted by molar-refractivity contribution is 6.15. The second-order valence-corrected chi connectivity index (χ2v) is 6.12. The predicted molar refractivity (Wildman–Crippen MR) is 93.5 cm³/mol. The Kier molecular flexibility index (Phi) is 3.56. The van der Waals surface area contributed by atoms with Gasteiger partial charge in [-0.05, 0) is 41.0 Å². The molecule has 120 valence electrons. The van der Waals surface area contributed by atoms with Gasteiger partial charge < -0.3 is 10.4 Å². The van der Waals surface area contributed by atoms with E-state index >= 15 is 0 Å². The third kappa shape index (κ3) is 2.37. The molecule has 0 bridgehead atoms. The van der Waals surface area contributed by atoms with Gasteiger partial charge in [0, 0.05) is 17.4 Å². The fraction of sp³-hybridized carbons (Fsp3) is 0.150. The monoisotopic (exact) mass is 318 g/mol. The first-order chi connectivity index (χ1) is 11.6. The molecule has 0 spiro atoms. The van der Waals surface area contributed by atoms with Crippen LogP contribution in [-0.4, -0.2) is 11.0 Å². The summed E-state index contributed by atoms with van der Waals surface area (Å²) in [7, 11) is 0. The van der Waals surface area contributed by atoms with Gasteiger partial charge in [-0.3, -0.25) is 10.0 Å². The summed E-state index contributed by atoms with van der Waals surface area (Å²) in [6.07, 6.45) is 2.06. The van der Waals surface area contributed by atoms with Gasteiger partial charge in [0.05, 0.1) is 5.69 Å². The molecule has 4 rings (SSSR count).